The predicted octanol–water partition coefficient (Wildman–Crippen LogP) is 4.17. The molecular weight excluding hydrogens is 557 g/mol. The van der Waals surface area contributed by atoms with Crippen molar-refractivity contribution in [1.29, 1.82) is 0 Å². The molecule has 9 nitrogen and oxygen atoms in total. The Morgan fingerprint density at radius 1 is 1.20 bits per heavy atom. The molecule has 220 valence electrons. The van der Waals surface area contributed by atoms with E-state index in [9.17, 15) is 27.9 Å². The van der Waals surface area contributed by atoms with Gasteiger partial charge in [-0.1, -0.05) is 50.3 Å². The van der Waals surface area contributed by atoms with Gasteiger partial charge in [0, 0.05) is 19.5 Å². The molecule has 0 bridgehead atoms. The lowest BCUT2D eigenvalue weighted by Crippen LogP contribution is -2.50. The topological polar surface area (TPSA) is 113 Å². The van der Waals surface area contributed by atoms with Crippen molar-refractivity contribution in [2.75, 3.05) is 6.54 Å². The second kappa shape index (κ2) is 10.5. The van der Waals surface area contributed by atoms with E-state index in [2.05, 4.69) is 20.6 Å². The molecule has 2 N–H and O–H groups in total. The van der Waals surface area contributed by atoms with Gasteiger partial charge in [0.2, 0.25) is 11.8 Å². The van der Waals surface area contributed by atoms with Crippen LogP contribution in [0, 0.1) is 12.3 Å². The minimum absolute atomic E-state index is 0.0534. The van der Waals surface area contributed by atoms with E-state index in [0.717, 1.165) is 21.7 Å². The molecule has 0 spiro atoms. The van der Waals surface area contributed by atoms with Crippen molar-refractivity contribution >= 4 is 23.2 Å². The lowest BCUT2D eigenvalue weighted by Gasteiger charge is -2.34. The van der Waals surface area contributed by atoms with E-state index in [-0.39, 0.29) is 38.0 Å². The largest absolute Gasteiger partial charge is 0.400 e. The van der Waals surface area contributed by atoms with Crippen LogP contribution in [0.15, 0.2) is 36.0 Å². The number of carbonyl (C=O) groups is 2. The van der Waals surface area contributed by atoms with Gasteiger partial charge < -0.3 is 15.3 Å². The van der Waals surface area contributed by atoms with E-state index in [0.29, 0.717) is 0 Å². The minimum atomic E-state index is -4.46. The Kier molecular flexibility index (Phi) is 7.48. The van der Waals surface area contributed by atoms with E-state index < -0.39 is 47.0 Å². The number of hydrogen-bond donors (Lipinski definition) is 2. The van der Waals surface area contributed by atoms with Gasteiger partial charge in [-0.2, -0.15) is 13.2 Å². The summed E-state index contributed by atoms with van der Waals surface area (Å²) in [5.74, 6) is -0.926. The van der Waals surface area contributed by atoms with Crippen molar-refractivity contribution in [2.45, 2.75) is 83.3 Å². The zero-order chi connectivity index (χ0) is 29.7. The van der Waals surface area contributed by atoms with Crippen LogP contribution in [0.2, 0.25) is 0 Å². The van der Waals surface area contributed by atoms with Gasteiger partial charge in [0.1, 0.15) is 17.5 Å². The number of benzene rings is 1. The summed E-state index contributed by atoms with van der Waals surface area (Å²) in [6.07, 6.45) is -4.26. The van der Waals surface area contributed by atoms with Crippen LogP contribution < -0.4 is 5.32 Å². The number of aliphatic hydroxyl groups is 1. The summed E-state index contributed by atoms with van der Waals surface area (Å²) < 4.78 is 42.2. The lowest BCUT2D eigenvalue weighted by molar-refractivity contribution is -0.161. The van der Waals surface area contributed by atoms with Gasteiger partial charge >= 0.3 is 6.18 Å². The normalized spacial score (nSPS) is 21.1. The number of likely N-dealkylation sites (tertiary alicyclic amines) is 1. The number of rotatable bonds is 7. The quantitative estimate of drug-likeness (QED) is 0.427. The number of β-amino-alcohol motifs (C(OH)–C–C–N with tert-alkyl or cyclic N) is 1. The Labute approximate surface area is 239 Å². The average Bonchev–Trinajstić information content (AvgIpc) is 3.18. The van der Waals surface area contributed by atoms with Crippen molar-refractivity contribution in [1.82, 2.24) is 30.2 Å². The zero-order valence-corrected chi connectivity index (χ0v) is 24.1. The average molecular weight is 591 g/mol. The van der Waals surface area contributed by atoms with E-state index in [1.165, 1.54) is 15.8 Å². The second-order valence-corrected chi connectivity index (χ2v) is 12.9. The summed E-state index contributed by atoms with van der Waals surface area (Å²) in [6, 6.07) is 5.77. The molecule has 2 aliphatic rings. The molecule has 5 rings (SSSR count). The highest BCUT2D eigenvalue weighted by Crippen LogP contribution is 2.58. The Hall–Kier alpha value is -3.32. The van der Waals surface area contributed by atoms with E-state index in [1.54, 1.807) is 37.6 Å². The van der Waals surface area contributed by atoms with Crippen LogP contribution >= 0.6 is 11.3 Å². The highest BCUT2D eigenvalue weighted by molar-refractivity contribution is 7.13. The van der Waals surface area contributed by atoms with Gasteiger partial charge in [-0.15, -0.1) is 16.4 Å². The first kappa shape index (κ1) is 29.2. The fourth-order valence-electron chi connectivity index (χ4n) is 5.44. The summed E-state index contributed by atoms with van der Waals surface area (Å²) in [6.45, 7) is 7.41. The van der Waals surface area contributed by atoms with Gasteiger partial charge in [-0.3, -0.25) is 9.59 Å². The number of halogens is 3. The van der Waals surface area contributed by atoms with E-state index in [4.69, 9.17) is 0 Å². The van der Waals surface area contributed by atoms with Crippen molar-refractivity contribution in [3.05, 3.63) is 52.9 Å². The molecule has 3 heterocycles. The predicted molar refractivity (Wildman–Crippen MR) is 146 cm³/mol. The molecule has 1 aliphatic heterocycles. The molecule has 1 saturated heterocycles. The molecule has 41 heavy (non-hydrogen) atoms. The number of hydrogen-bond acceptors (Lipinski definition) is 7. The zero-order valence-electron chi connectivity index (χ0n) is 23.3. The van der Waals surface area contributed by atoms with Gasteiger partial charge in [-0.05, 0) is 36.3 Å². The van der Waals surface area contributed by atoms with Crippen molar-refractivity contribution < 1.29 is 27.9 Å². The van der Waals surface area contributed by atoms with Crippen molar-refractivity contribution in [2.24, 2.45) is 5.41 Å². The molecule has 3 aromatic rings. The fraction of sp³-hybridized carbons (Fsp3) is 0.536. The molecular formula is C28H33F3N6O3S. The molecule has 1 aromatic carbocycles. The lowest BCUT2D eigenvalue weighted by atomic mass is 9.85. The van der Waals surface area contributed by atoms with Crippen LogP contribution in [-0.2, 0) is 21.5 Å². The van der Waals surface area contributed by atoms with Crippen LogP contribution in [0.1, 0.15) is 63.0 Å². The molecule has 2 aromatic heterocycles. The van der Waals surface area contributed by atoms with Gasteiger partial charge in [-0.25, -0.2) is 9.67 Å². The third kappa shape index (κ3) is 5.61. The van der Waals surface area contributed by atoms with Crippen LogP contribution in [0.4, 0.5) is 13.2 Å². The number of aryl methyl sites for hydroxylation is 1. The maximum Gasteiger partial charge on any atom is 0.400 e. The number of thiazole rings is 1. The summed E-state index contributed by atoms with van der Waals surface area (Å²) in [5, 5.41) is 21.0. The maximum absolute atomic E-state index is 13.9. The number of aliphatic hydroxyl groups excluding tert-OH is 1. The number of nitrogens with one attached hydrogen (secondary N) is 1. The molecule has 1 saturated carbocycles. The van der Waals surface area contributed by atoms with E-state index in [1.807, 2.05) is 31.2 Å². The first-order valence-corrected chi connectivity index (χ1v) is 14.3. The number of alkyl halides is 3. The smallest absolute Gasteiger partial charge is 0.391 e. The number of carbonyl (C=O) groups excluding carboxylic acids is 2. The van der Waals surface area contributed by atoms with Gasteiger partial charge in [0.25, 0.3) is 0 Å². The monoisotopic (exact) mass is 590 g/mol. The Bertz CT molecular complexity index is 1420. The Morgan fingerprint density at radius 3 is 2.44 bits per heavy atom. The number of nitrogens with zero attached hydrogens (tertiary/aromatic N) is 5. The Morgan fingerprint density at radius 2 is 1.88 bits per heavy atom. The third-order valence-corrected chi connectivity index (χ3v) is 8.88. The van der Waals surface area contributed by atoms with Crippen LogP contribution in [-0.4, -0.2) is 66.7 Å². The first-order valence-electron chi connectivity index (χ1n) is 13.5. The maximum atomic E-state index is 13.9. The van der Waals surface area contributed by atoms with Crippen molar-refractivity contribution in [3.8, 4) is 10.4 Å². The van der Waals surface area contributed by atoms with Crippen LogP contribution in [0.5, 0.6) is 0 Å². The molecule has 2 fully saturated rings. The summed E-state index contributed by atoms with van der Waals surface area (Å²) in [4.78, 5) is 33.8. The molecule has 0 radical (unpaired) electrons. The van der Waals surface area contributed by atoms with Gasteiger partial charge in [0.05, 0.1) is 34.1 Å². The SMILES string of the molecule is Cc1ncsc1-c1ccc(CNC(=O)[C@@H]2C[C@@H](O)CN2C(=O)C(n2cc(C3(C(F)(F)F)CC3)nn2)C(C)(C)C)cc1. The number of aromatic nitrogens is 4. The summed E-state index contributed by atoms with van der Waals surface area (Å²) in [5.41, 5.74) is 1.62. The summed E-state index contributed by atoms with van der Waals surface area (Å²) in [7, 11) is 0. The van der Waals surface area contributed by atoms with E-state index >= 15 is 0 Å². The van der Waals surface area contributed by atoms with Gasteiger partial charge in [0.15, 0.2) is 0 Å². The first-order chi connectivity index (χ1) is 19.2. The third-order valence-electron chi connectivity index (χ3n) is 7.91. The summed E-state index contributed by atoms with van der Waals surface area (Å²) >= 11 is 1.55. The second-order valence-electron chi connectivity index (χ2n) is 12.0. The molecule has 2 amide bonds. The molecule has 1 aliphatic carbocycles. The molecule has 3 atom stereocenters. The Balaban J connectivity index is 1.30. The van der Waals surface area contributed by atoms with Crippen molar-refractivity contribution in [3.63, 3.8) is 0 Å². The standard InChI is InChI=1S/C28H33F3N6O3S/c1-16-22(41-15-33-16)18-7-5-17(6-8-18)12-32-24(39)20-11-19(38)13-36(20)25(40)23(26(2,3)4)37-14-21(34-35-37)27(9-10-27)28(29,30)31/h5-8,14-15,19-20,23,38H,9-13H2,1-4H3,(H,32,39)/t19-,20+,23?/m1/s1. The van der Waals surface area contributed by atoms with Crippen LogP contribution in [0.25, 0.3) is 10.4 Å². The van der Waals surface area contributed by atoms with Crippen LogP contribution in [0.3, 0.4) is 0 Å². The molecule has 1 unspecified atom stereocenters. The highest BCUT2D eigenvalue weighted by atomic mass is 32.1. The number of amides is 2. The minimum Gasteiger partial charge on any atom is -0.391 e. The molecule has 13 heteroatoms. The highest BCUT2D eigenvalue weighted by Gasteiger charge is 2.66. The fourth-order valence-corrected chi connectivity index (χ4v) is 6.25.